The van der Waals surface area contributed by atoms with Gasteiger partial charge in [-0.3, -0.25) is 14.9 Å². The van der Waals surface area contributed by atoms with Crippen LogP contribution in [0.2, 0.25) is 0 Å². The molecule has 2 aromatic carbocycles. The quantitative estimate of drug-likeness (QED) is 0.612. The van der Waals surface area contributed by atoms with E-state index in [1.165, 1.54) is 18.2 Å². The van der Waals surface area contributed by atoms with Gasteiger partial charge < -0.3 is 9.64 Å². The van der Waals surface area contributed by atoms with E-state index in [0.29, 0.717) is 17.5 Å². The van der Waals surface area contributed by atoms with Crippen molar-refractivity contribution in [3.05, 3.63) is 58.6 Å². The van der Waals surface area contributed by atoms with Crippen LogP contribution in [0, 0.1) is 10.1 Å². The highest BCUT2D eigenvalue weighted by atomic mass is 32.2. The van der Waals surface area contributed by atoms with Crippen molar-refractivity contribution < 1.29 is 14.5 Å². The number of para-hydroxylation sites is 1. The number of nitro benzene ring substituents is 1. The first-order valence-corrected chi connectivity index (χ1v) is 8.86. The van der Waals surface area contributed by atoms with Crippen LogP contribution < -0.4 is 9.64 Å². The highest BCUT2D eigenvalue weighted by molar-refractivity contribution is 8.00. The minimum absolute atomic E-state index is 0.0599. The van der Waals surface area contributed by atoms with Gasteiger partial charge in [0.1, 0.15) is 5.75 Å². The van der Waals surface area contributed by atoms with Crippen LogP contribution in [0.25, 0.3) is 0 Å². The van der Waals surface area contributed by atoms with E-state index >= 15 is 0 Å². The molecule has 1 aliphatic rings. The highest BCUT2D eigenvalue weighted by Gasteiger charge is 2.24. The third-order valence-corrected chi connectivity index (χ3v) is 5.17. The van der Waals surface area contributed by atoms with E-state index in [1.54, 1.807) is 22.7 Å². The average Bonchev–Trinajstić information content (AvgIpc) is 2.78. The Labute approximate surface area is 149 Å². The van der Waals surface area contributed by atoms with Gasteiger partial charge in [-0.2, -0.15) is 0 Å². The lowest BCUT2D eigenvalue weighted by Gasteiger charge is -2.22. The molecule has 6 nitrogen and oxygen atoms in total. The fraction of sp³-hybridized carbons (Fsp3) is 0.278. The normalized spacial score (nSPS) is 16.7. The van der Waals surface area contributed by atoms with Gasteiger partial charge in [-0.15, -0.1) is 11.8 Å². The minimum Gasteiger partial charge on any atom is -0.483 e. The van der Waals surface area contributed by atoms with Crippen LogP contribution in [0.15, 0.2) is 53.4 Å². The maximum atomic E-state index is 12.7. The molecule has 130 valence electrons. The number of ether oxygens (including phenoxy) is 1. The first-order valence-electron chi connectivity index (χ1n) is 7.98. The summed E-state index contributed by atoms with van der Waals surface area (Å²) in [6.07, 6.45) is 0.891. The molecular weight excluding hydrogens is 340 g/mol. The molecular formula is C18H18N2O4S. The standard InChI is InChI=1S/C18H18N2O4S/c1-13-9-10-19(16-7-2-3-8-17(16)25-13)18(21)12-24-15-6-4-5-14(11-15)20(22)23/h2-8,11,13H,9-10,12H2,1H3/t13-/m1/s1. The Morgan fingerprint density at radius 1 is 1.32 bits per heavy atom. The van der Waals surface area contributed by atoms with Crippen molar-refractivity contribution in [2.75, 3.05) is 18.1 Å². The number of carbonyl (C=O) groups excluding carboxylic acids is 1. The number of nitrogens with zero attached hydrogens (tertiary/aromatic N) is 2. The molecule has 0 N–H and O–H groups in total. The van der Waals surface area contributed by atoms with Gasteiger partial charge in [0.15, 0.2) is 6.61 Å². The van der Waals surface area contributed by atoms with Crippen molar-refractivity contribution in [1.82, 2.24) is 0 Å². The molecule has 0 unspecified atom stereocenters. The number of rotatable bonds is 4. The van der Waals surface area contributed by atoms with Crippen LogP contribution in [0.1, 0.15) is 13.3 Å². The van der Waals surface area contributed by atoms with Gasteiger partial charge >= 0.3 is 0 Å². The predicted octanol–water partition coefficient (Wildman–Crippen LogP) is 3.89. The smallest absolute Gasteiger partial charge is 0.273 e. The average molecular weight is 358 g/mol. The summed E-state index contributed by atoms with van der Waals surface area (Å²) in [7, 11) is 0. The third-order valence-electron chi connectivity index (χ3n) is 3.94. The Morgan fingerprint density at radius 2 is 2.12 bits per heavy atom. The van der Waals surface area contributed by atoms with Crippen LogP contribution in [0.4, 0.5) is 11.4 Å². The summed E-state index contributed by atoms with van der Waals surface area (Å²) in [4.78, 5) is 25.8. The SMILES string of the molecule is C[C@@H]1CCN(C(=O)COc2cccc([N+](=O)[O-])c2)c2ccccc2S1. The molecule has 7 heteroatoms. The van der Waals surface area contributed by atoms with Crippen molar-refractivity contribution in [2.24, 2.45) is 0 Å². The number of anilines is 1. The van der Waals surface area contributed by atoms with Crippen molar-refractivity contribution in [3.63, 3.8) is 0 Å². The van der Waals surface area contributed by atoms with Crippen LogP contribution in [-0.4, -0.2) is 29.2 Å². The lowest BCUT2D eigenvalue weighted by molar-refractivity contribution is -0.384. The summed E-state index contributed by atoms with van der Waals surface area (Å²) in [5.74, 6) is 0.155. The zero-order valence-electron chi connectivity index (χ0n) is 13.8. The number of nitro groups is 1. The molecule has 0 aliphatic carbocycles. The molecule has 1 amide bonds. The van der Waals surface area contributed by atoms with E-state index in [0.717, 1.165) is 17.0 Å². The number of hydrogen-bond donors (Lipinski definition) is 0. The number of carbonyl (C=O) groups is 1. The zero-order valence-corrected chi connectivity index (χ0v) is 14.6. The molecule has 0 bridgehead atoms. The van der Waals surface area contributed by atoms with E-state index in [2.05, 4.69) is 6.92 Å². The number of amides is 1. The van der Waals surface area contributed by atoms with Gasteiger partial charge in [-0.05, 0) is 24.6 Å². The molecule has 0 radical (unpaired) electrons. The van der Waals surface area contributed by atoms with E-state index in [9.17, 15) is 14.9 Å². The van der Waals surface area contributed by atoms with E-state index in [4.69, 9.17) is 4.74 Å². The van der Waals surface area contributed by atoms with Gasteiger partial charge in [-0.1, -0.05) is 25.1 Å². The van der Waals surface area contributed by atoms with E-state index < -0.39 is 4.92 Å². The predicted molar refractivity (Wildman–Crippen MR) is 97.3 cm³/mol. The van der Waals surface area contributed by atoms with Crippen molar-refractivity contribution in [2.45, 2.75) is 23.5 Å². The molecule has 3 rings (SSSR count). The largest absolute Gasteiger partial charge is 0.483 e. The summed E-state index contributed by atoms with van der Waals surface area (Å²) >= 11 is 1.76. The minimum atomic E-state index is -0.488. The second-order valence-corrected chi connectivity index (χ2v) is 7.25. The van der Waals surface area contributed by atoms with Crippen LogP contribution in [0.3, 0.4) is 0 Å². The Bertz CT molecular complexity index is 796. The molecule has 0 spiro atoms. The van der Waals surface area contributed by atoms with E-state index in [1.807, 2.05) is 24.3 Å². The second kappa shape index (κ2) is 7.57. The Morgan fingerprint density at radius 3 is 2.92 bits per heavy atom. The zero-order chi connectivity index (χ0) is 17.8. The molecule has 25 heavy (non-hydrogen) atoms. The van der Waals surface area contributed by atoms with Gasteiger partial charge in [0.25, 0.3) is 11.6 Å². The summed E-state index contributed by atoms with van der Waals surface area (Å²) < 4.78 is 5.49. The van der Waals surface area contributed by atoms with Crippen molar-refractivity contribution >= 4 is 29.0 Å². The second-order valence-electron chi connectivity index (χ2n) is 5.77. The Hall–Kier alpha value is -2.54. The Kier molecular flexibility index (Phi) is 5.23. The van der Waals surface area contributed by atoms with Gasteiger partial charge in [0.2, 0.25) is 0 Å². The van der Waals surface area contributed by atoms with Crippen LogP contribution >= 0.6 is 11.8 Å². The number of hydrogen-bond acceptors (Lipinski definition) is 5. The molecule has 0 saturated carbocycles. The topological polar surface area (TPSA) is 72.7 Å². The molecule has 1 aliphatic heterocycles. The van der Waals surface area contributed by atoms with Crippen LogP contribution in [0.5, 0.6) is 5.75 Å². The van der Waals surface area contributed by atoms with E-state index in [-0.39, 0.29) is 18.2 Å². The van der Waals surface area contributed by atoms with Crippen LogP contribution in [-0.2, 0) is 4.79 Å². The monoisotopic (exact) mass is 358 g/mol. The number of benzene rings is 2. The maximum absolute atomic E-state index is 12.7. The Balaban J connectivity index is 1.73. The lowest BCUT2D eigenvalue weighted by Crippen LogP contribution is -2.36. The van der Waals surface area contributed by atoms with Gasteiger partial charge in [-0.25, -0.2) is 0 Å². The fourth-order valence-corrected chi connectivity index (χ4v) is 3.77. The summed E-state index contributed by atoms with van der Waals surface area (Å²) in [5.41, 5.74) is 0.833. The molecule has 0 aromatic heterocycles. The molecule has 1 heterocycles. The number of thioether (sulfide) groups is 1. The maximum Gasteiger partial charge on any atom is 0.273 e. The van der Waals surface area contributed by atoms with Gasteiger partial charge in [0, 0.05) is 22.8 Å². The first kappa shape index (κ1) is 17.3. The fourth-order valence-electron chi connectivity index (χ4n) is 2.66. The molecule has 2 aromatic rings. The molecule has 0 saturated heterocycles. The third kappa shape index (κ3) is 4.11. The summed E-state index contributed by atoms with van der Waals surface area (Å²) in [6.45, 7) is 2.62. The van der Waals surface area contributed by atoms with Gasteiger partial charge in [0.05, 0.1) is 16.7 Å². The first-order chi connectivity index (χ1) is 12.0. The molecule has 1 atom stereocenters. The summed E-state index contributed by atoms with van der Waals surface area (Å²) in [5, 5.41) is 11.2. The van der Waals surface area contributed by atoms with Crippen molar-refractivity contribution in [3.8, 4) is 5.75 Å². The lowest BCUT2D eigenvalue weighted by atomic mass is 10.2. The number of non-ortho nitro benzene ring substituents is 1. The number of fused-ring (bicyclic) bond motifs is 1. The highest BCUT2D eigenvalue weighted by Crippen LogP contribution is 2.37. The molecule has 0 fully saturated rings. The van der Waals surface area contributed by atoms with Crippen molar-refractivity contribution in [1.29, 1.82) is 0 Å². The summed E-state index contributed by atoms with van der Waals surface area (Å²) in [6, 6.07) is 13.7.